The number of rotatable bonds is 4. The minimum atomic E-state index is -0.905. The number of amides is 1. The zero-order chi connectivity index (χ0) is 18.7. The van der Waals surface area contributed by atoms with Crippen LogP contribution in [0.15, 0.2) is 30.5 Å². The van der Waals surface area contributed by atoms with Crippen LogP contribution in [0, 0.1) is 11.6 Å². The smallest absolute Gasteiger partial charge is 0.255 e. The van der Waals surface area contributed by atoms with E-state index in [9.17, 15) is 13.6 Å². The lowest BCUT2D eigenvalue weighted by Crippen LogP contribution is -2.35. The highest BCUT2D eigenvalue weighted by Gasteiger charge is 2.20. The Balaban J connectivity index is 1.72. The highest BCUT2D eigenvalue weighted by Crippen LogP contribution is 2.26. The van der Waals surface area contributed by atoms with Crippen molar-refractivity contribution >= 4 is 23.3 Å². The number of anilines is 1. The molecule has 0 spiro atoms. The fraction of sp³-hybridized carbons (Fsp3) is 0.368. The second kappa shape index (κ2) is 7.99. The average molecular weight is 380 g/mol. The quantitative estimate of drug-likeness (QED) is 0.828. The molecular weight excluding hydrogens is 360 g/mol. The van der Waals surface area contributed by atoms with E-state index >= 15 is 0 Å². The van der Waals surface area contributed by atoms with Crippen LogP contribution in [0.4, 0.5) is 14.6 Å². The summed E-state index contributed by atoms with van der Waals surface area (Å²) in [4.78, 5) is 18.6. The lowest BCUT2D eigenvalue weighted by Gasteiger charge is -2.26. The first-order valence-electron chi connectivity index (χ1n) is 8.62. The molecule has 3 rings (SSSR count). The maximum absolute atomic E-state index is 13.4. The molecule has 26 heavy (non-hydrogen) atoms. The van der Waals surface area contributed by atoms with Gasteiger partial charge in [-0.05, 0) is 49.9 Å². The fourth-order valence-electron chi connectivity index (χ4n) is 3.01. The van der Waals surface area contributed by atoms with Crippen LogP contribution in [0.3, 0.4) is 0 Å². The van der Waals surface area contributed by atoms with Crippen LogP contribution in [0.25, 0.3) is 0 Å². The molecule has 1 N–H and O–H groups in total. The van der Waals surface area contributed by atoms with E-state index < -0.39 is 11.6 Å². The van der Waals surface area contributed by atoms with Gasteiger partial charge in [0.2, 0.25) is 0 Å². The number of carbonyl (C=O) groups excluding carboxylic acids is 1. The van der Waals surface area contributed by atoms with Crippen LogP contribution >= 0.6 is 11.6 Å². The molecule has 1 aromatic heterocycles. The Kier molecular flexibility index (Phi) is 5.71. The molecule has 0 radical (unpaired) electrons. The maximum Gasteiger partial charge on any atom is 0.255 e. The van der Waals surface area contributed by atoms with Gasteiger partial charge in [0.15, 0.2) is 11.6 Å². The molecule has 1 unspecified atom stereocenters. The number of carbonyl (C=O) groups is 1. The summed E-state index contributed by atoms with van der Waals surface area (Å²) in [5, 5.41) is 3.37. The maximum atomic E-state index is 13.4. The van der Waals surface area contributed by atoms with E-state index in [2.05, 4.69) is 10.3 Å². The number of halogens is 3. The summed E-state index contributed by atoms with van der Waals surface area (Å²) in [5.74, 6) is -1.48. The molecule has 2 aromatic rings. The first-order valence-corrected chi connectivity index (χ1v) is 9.00. The third kappa shape index (κ3) is 4.12. The normalized spacial score (nSPS) is 15.6. The molecule has 0 bridgehead atoms. The Morgan fingerprint density at radius 2 is 1.92 bits per heavy atom. The van der Waals surface area contributed by atoms with Gasteiger partial charge >= 0.3 is 0 Å². The molecule has 7 heteroatoms. The van der Waals surface area contributed by atoms with Gasteiger partial charge in [0.1, 0.15) is 5.82 Å². The lowest BCUT2D eigenvalue weighted by atomic mass is 10.1. The van der Waals surface area contributed by atoms with Crippen molar-refractivity contribution in [3.63, 3.8) is 0 Å². The Morgan fingerprint density at radius 1 is 1.19 bits per heavy atom. The molecule has 2 heterocycles. The largest absolute Gasteiger partial charge is 0.362 e. The summed E-state index contributed by atoms with van der Waals surface area (Å²) in [6.45, 7) is 3.30. The average Bonchev–Trinajstić information content (AvgIpc) is 2.65. The van der Waals surface area contributed by atoms with Gasteiger partial charge in [-0.2, -0.15) is 0 Å². The zero-order valence-corrected chi connectivity index (χ0v) is 15.2. The fourth-order valence-corrected chi connectivity index (χ4v) is 3.23. The Hall–Kier alpha value is -2.21. The molecule has 4 nitrogen and oxygen atoms in total. The number of hydrogen-bond donors (Lipinski definition) is 1. The minimum absolute atomic E-state index is 0.0701. The van der Waals surface area contributed by atoms with Crippen LogP contribution in [0.2, 0.25) is 5.02 Å². The van der Waals surface area contributed by atoms with Crippen molar-refractivity contribution < 1.29 is 13.6 Å². The third-order valence-electron chi connectivity index (χ3n) is 4.53. The van der Waals surface area contributed by atoms with E-state index in [0.29, 0.717) is 22.0 Å². The SMILES string of the molecule is CC(Nc1ncc(C(=O)N2CCCCC2)cc1Cl)c1ccc(F)c(F)c1. The third-order valence-corrected chi connectivity index (χ3v) is 4.82. The van der Waals surface area contributed by atoms with Crippen molar-refractivity contribution in [2.24, 2.45) is 0 Å². The van der Waals surface area contributed by atoms with E-state index in [-0.39, 0.29) is 11.9 Å². The van der Waals surface area contributed by atoms with Crippen molar-refractivity contribution in [2.75, 3.05) is 18.4 Å². The predicted octanol–water partition coefficient (Wildman–Crippen LogP) is 4.81. The molecule has 1 aliphatic rings. The molecule has 1 saturated heterocycles. The summed E-state index contributed by atoms with van der Waals surface area (Å²) in [7, 11) is 0. The molecule has 1 aliphatic heterocycles. The van der Waals surface area contributed by atoms with Gasteiger partial charge in [0, 0.05) is 19.3 Å². The molecule has 0 aliphatic carbocycles. The number of piperidine rings is 1. The van der Waals surface area contributed by atoms with E-state index in [4.69, 9.17) is 11.6 Å². The van der Waals surface area contributed by atoms with Gasteiger partial charge in [-0.1, -0.05) is 17.7 Å². The van der Waals surface area contributed by atoms with Crippen LogP contribution in [0.5, 0.6) is 0 Å². The topological polar surface area (TPSA) is 45.2 Å². The number of likely N-dealkylation sites (tertiary alicyclic amines) is 1. The van der Waals surface area contributed by atoms with Gasteiger partial charge in [-0.3, -0.25) is 4.79 Å². The lowest BCUT2D eigenvalue weighted by molar-refractivity contribution is 0.0724. The molecule has 1 atom stereocenters. The minimum Gasteiger partial charge on any atom is -0.362 e. The van der Waals surface area contributed by atoms with Crippen molar-refractivity contribution in [3.05, 3.63) is 58.2 Å². The predicted molar refractivity (Wildman–Crippen MR) is 97.4 cm³/mol. The first kappa shape index (κ1) is 18.6. The Bertz CT molecular complexity index is 809. The van der Waals surface area contributed by atoms with E-state index in [1.165, 1.54) is 12.3 Å². The molecule has 1 amide bonds. The van der Waals surface area contributed by atoms with Crippen molar-refractivity contribution in [1.82, 2.24) is 9.88 Å². The Labute approximate surface area is 156 Å². The summed E-state index contributed by atoms with van der Waals surface area (Å²) >= 11 is 6.27. The zero-order valence-electron chi connectivity index (χ0n) is 14.4. The highest BCUT2D eigenvalue weighted by molar-refractivity contribution is 6.33. The van der Waals surface area contributed by atoms with Crippen LogP contribution < -0.4 is 5.32 Å². The van der Waals surface area contributed by atoms with Crippen LogP contribution in [-0.4, -0.2) is 28.9 Å². The monoisotopic (exact) mass is 379 g/mol. The number of nitrogens with one attached hydrogen (secondary N) is 1. The summed E-state index contributed by atoms with van der Waals surface area (Å²) in [6, 6.07) is 4.97. The molecular formula is C19H20ClF2N3O. The summed E-state index contributed by atoms with van der Waals surface area (Å²) in [5.41, 5.74) is 1.01. The van der Waals surface area contributed by atoms with Gasteiger partial charge in [0.25, 0.3) is 5.91 Å². The Morgan fingerprint density at radius 3 is 2.58 bits per heavy atom. The van der Waals surface area contributed by atoms with Crippen molar-refractivity contribution in [1.29, 1.82) is 0 Å². The number of benzene rings is 1. The highest BCUT2D eigenvalue weighted by atomic mass is 35.5. The standard InChI is InChI=1S/C19H20ClF2N3O/c1-12(13-5-6-16(21)17(22)10-13)24-18-15(20)9-14(11-23-18)19(26)25-7-3-2-4-8-25/h5-6,9-12H,2-4,7-8H2,1H3,(H,23,24). The second-order valence-electron chi connectivity index (χ2n) is 6.45. The van der Waals surface area contributed by atoms with E-state index in [1.54, 1.807) is 13.0 Å². The summed E-state index contributed by atoms with van der Waals surface area (Å²) in [6.07, 6.45) is 4.66. The number of hydrogen-bond acceptors (Lipinski definition) is 3. The summed E-state index contributed by atoms with van der Waals surface area (Å²) < 4.78 is 26.5. The van der Waals surface area contributed by atoms with E-state index in [0.717, 1.165) is 44.5 Å². The van der Waals surface area contributed by atoms with Gasteiger partial charge in [-0.15, -0.1) is 0 Å². The van der Waals surface area contributed by atoms with Gasteiger partial charge < -0.3 is 10.2 Å². The molecule has 1 aromatic carbocycles. The van der Waals surface area contributed by atoms with E-state index in [1.807, 2.05) is 4.90 Å². The number of aromatic nitrogens is 1. The van der Waals surface area contributed by atoms with Crippen molar-refractivity contribution in [3.8, 4) is 0 Å². The first-order chi connectivity index (χ1) is 12.5. The van der Waals surface area contributed by atoms with Gasteiger partial charge in [-0.25, -0.2) is 13.8 Å². The van der Waals surface area contributed by atoms with Crippen molar-refractivity contribution in [2.45, 2.75) is 32.2 Å². The number of nitrogens with zero attached hydrogens (tertiary/aromatic N) is 2. The van der Waals surface area contributed by atoms with Gasteiger partial charge in [0.05, 0.1) is 16.6 Å². The molecule has 138 valence electrons. The molecule has 0 saturated carbocycles. The molecule has 1 fully saturated rings. The number of pyridine rings is 1. The van der Waals surface area contributed by atoms with Crippen LogP contribution in [0.1, 0.15) is 48.1 Å². The second-order valence-corrected chi connectivity index (χ2v) is 6.85. The van der Waals surface area contributed by atoms with Crippen LogP contribution in [-0.2, 0) is 0 Å².